The van der Waals surface area contributed by atoms with Crippen molar-refractivity contribution >= 4 is 0 Å². The van der Waals surface area contributed by atoms with E-state index < -0.39 is 0 Å². The summed E-state index contributed by atoms with van der Waals surface area (Å²) in [5, 5.41) is 3.37. The fourth-order valence-corrected chi connectivity index (χ4v) is 1.32. The Kier molecular flexibility index (Phi) is 5.57. The van der Waals surface area contributed by atoms with Gasteiger partial charge in [0.1, 0.15) is 6.61 Å². The van der Waals surface area contributed by atoms with Gasteiger partial charge >= 0.3 is 0 Å². The van der Waals surface area contributed by atoms with Crippen LogP contribution in [-0.4, -0.2) is 18.1 Å². The Morgan fingerprint density at radius 3 is 3.06 bits per heavy atom. The van der Waals surface area contributed by atoms with Crippen LogP contribution in [0, 0.1) is 5.92 Å². The van der Waals surface area contributed by atoms with Crippen molar-refractivity contribution in [2.45, 2.75) is 20.4 Å². The summed E-state index contributed by atoms with van der Waals surface area (Å²) in [6.07, 6.45) is 3.46. The highest BCUT2D eigenvalue weighted by Gasteiger charge is 2.03. The molecule has 1 aromatic heterocycles. The van der Waals surface area contributed by atoms with Gasteiger partial charge in [0.15, 0.2) is 0 Å². The van der Waals surface area contributed by atoms with Gasteiger partial charge in [-0.3, -0.25) is 0 Å². The number of aromatic nitrogens is 1. The fraction of sp³-hybridized carbons (Fsp3) is 0.462. The fourth-order valence-electron chi connectivity index (χ4n) is 1.32. The van der Waals surface area contributed by atoms with Gasteiger partial charge in [-0.05, 0) is 18.5 Å². The molecule has 0 radical (unpaired) electrons. The maximum atomic E-state index is 5.47. The van der Waals surface area contributed by atoms with Crippen LogP contribution in [0.2, 0.25) is 0 Å². The molecule has 0 atom stereocenters. The van der Waals surface area contributed by atoms with E-state index in [-0.39, 0.29) is 0 Å². The average molecular weight is 220 g/mol. The zero-order valence-electron chi connectivity index (χ0n) is 10.1. The number of hydrogen-bond donors (Lipinski definition) is 1. The summed E-state index contributed by atoms with van der Waals surface area (Å²) in [5.41, 5.74) is 1.09. The lowest BCUT2D eigenvalue weighted by molar-refractivity contribution is 0.342. The molecule has 0 bridgehead atoms. The van der Waals surface area contributed by atoms with E-state index in [1.807, 2.05) is 12.1 Å². The van der Waals surface area contributed by atoms with E-state index in [1.54, 1.807) is 12.3 Å². The second-order valence-corrected chi connectivity index (χ2v) is 4.09. The normalized spacial score (nSPS) is 10.4. The molecule has 1 N–H and O–H groups in total. The van der Waals surface area contributed by atoms with Gasteiger partial charge in [-0.1, -0.05) is 32.6 Å². The molecule has 0 aliphatic heterocycles. The summed E-state index contributed by atoms with van der Waals surface area (Å²) in [6.45, 7) is 10.3. The van der Waals surface area contributed by atoms with Crippen molar-refractivity contribution < 1.29 is 4.74 Å². The third kappa shape index (κ3) is 4.45. The first-order valence-electron chi connectivity index (χ1n) is 5.62. The minimum absolute atomic E-state index is 0.494. The first kappa shape index (κ1) is 12.7. The van der Waals surface area contributed by atoms with Crippen molar-refractivity contribution in [3.63, 3.8) is 0 Å². The van der Waals surface area contributed by atoms with Crippen LogP contribution in [0.15, 0.2) is 31.0 Å². The maximum Gasteiger partial charge on any atom is 0.218 e. The first-order valence-corrected chi connectivity index (χ1v) is 5.62. The van der Waals surface area contributed by atoms with Crippen LogP contribution in [0.25, 0.3) is 0 Å². The van der Waals surface area contributed by atoms with Crippen LogP contribution in [-0.2, 0) is 6.54 Å². The van der Waals surface area contributed by atoms with E-state index in [0.717, 1.165) is 18.7 Å². The molecule has 0 fully saturated rings. The lowest BCUT2D eigenvalue weighted by Crippen LogP contribution is -2.19. The Morgan fingerprint density at radius 2 is 2.38 bits per heavy atom. The molecule has 0 aliphatic rings. The third-order valence-electron chi connectivity index (χ3n) is 2.06. The lowest BCUT2D eigenvalue weighted by atomic mass is 10.2. The van der Waals surface area contributed by atoms with Gasteiger partial charge in [-0.15, -0.1) is 0 Å². The topological polar surface area (TPSA) is 34.1 Å². The van der Waals surface area contributed by atoms with Crippen LogP contribution in [0.3, 0.4) is 0 Å². The summed E-state index contributed by atoms with van der Waals surface area (Å²) in [4.78, 5) is 4.20. The van der Waals surface area contributed by atoms with Gasteiger partial charge in [0.25, 0.3) is 0 Å². The third-order valence-corrected chi connectivity index (χ3v) is 2.06. The Hall–Kier alpha value is -1.35. The van der Waals surface area contributed by atoms with Crippen LogP contribution >= 0.6 is 0 Å². The molecule has 0 aromatic carbocycles. The quantitative estimate of drug-likeness (QED) is 0.716. The molecule has 1 aromatic rings. The van der Waals surface area contributed by atoms with Crippen LogP contribution in [0.4, 0.5) is 0 Å². The smallest absolute Gasteiger partial charge is 0.218 e. The predicted molar refractivity (Wildman–Crippen MR) is 66.5 cm³/mol. The molecular weight excluding hydrogens is 200 g/mol. The Bertz CT molecular complexity index is 323. The van der Waals surface area contributed by atoms with Crippen molar-refractivity contribution in [1.29, 1.82) is 0 Å². The van der Waals surface area contributed by atoms with Gasteiger partial charge in [-0.2, -0.15) is 0 Å². The van der Waals surface area contributed by atoms with E-state index in [0.29, 0.717) is 18.4 Å². The SMILES string of the molecule is C=CCOc1ncccc1CNCC(C)C. The Morgan fingerprint density at radius 1 is 1.56 bits per heavy atom. The zero-order valence-corrected chi connectivity index (χ0v) is 10.1. The van der Waals surface area contributed by atoms with Crippen molar-refractivity contribution in [2.75, 3.05) is 13.2 Å². The number of nitrogens with zero attached hydrogens (tertiary/aromatic N) is 1. The van der Waals surface area contributed by atoms with E-state index >= 15 is 0 Å². The molecule has 16 heavy (non-hydrogen) atoms. The van der Waals surface area contributed by atoms with E-state index in [9.17, 15) is 0 Å². The molecule has 88 valence electrons. The summed E-state index contributed by atoms with van der Waals surface area (Å²) in [6, 6.07) is 3.95. The van der Waals surface area contributed by atoms with Gasteiger partial charge < -0.3 is 10.1 Å². The first-order chi connectivity index (χ1) is 7.74. The van der Waals surface area contributed by atoms with Gasteiger partial charge in [-0.25, -0.2) is 4.98 Å². The molecule has 0 aliphatic carbocycles. The summed E-state index contributed by atoms with van der Waals surface area (Å²) >= 11 is 0. The molecule has 0 spiro atoms. The van der Waals surface area contributed by atoms with Gasteiger partial charge in [0.05, 0.1) is 0 Å². The minimum atomic E-state index is 0.494. The van der Waals surface area contributed by atoms with Crippen molar-refractivity contribution in [2.24, 2.45) is 5.92 Å². The van der Waals surface area contributed by atoms with Crippen LogP contribution < -0.4 is 10.1 Å². The number of pyridine rings is 1. The number of ether oxygens (including phenoxy) is 1. The highest BCUT2D eigenvalue weighted by molar-refractivity contribution is 5.25. The molecule has 3 nitrogen and oxygen atoms in total. The summed E-state index contributed by atoms with van der Waals surface area (Å²) in [7, 11) is 0. The summed E-state index contributed by atoms with van der Waals surface area (Å²) < 4.78 is 5.47. The van der Waals surface area contributed by atoms with E-state index in [2.05, 4.69) is 30.7 Å². The molecule has 0 saturated heterocycles. The maximum absolute atomic E-state index is 5.47. The molecule has 1 heterocycles. The predicted octanol–water partition coefficient (Wildman–Crippen LogP) is 2.39. The Balaban J connectivity index is 2.52. The average Bonchev–Trinajstić information content (AvgIpc) is 2.27. The van der Waals surface area contributed by atoms with Crippen molar-refractivity contribution in [1.82, 2.24) is 10.3 Å². The van der Waals surface area contributed by atoms with Crippen molar-refractivity contribution in [3.05, 3.63) is 36.5 Å². The molecule has 0 unspecified atom stereocenters. The van der Waals surface area contributed by atoms with Crippen LogP contribution in [0.5, 0.6) is 5.88 Å². The van der Waals surface area contributed by atoms with Crippen molar-refractivity contribution in [3.8, 4) is 5.88 Å². The number of hydrogen-bond acceptors (Lipinski definition) is 3. The van der Waals surface area contributed by atoms with E-state index in [1.165, 1.54) is 0 Å². The summed E-state index contributed by atoms with van der Waals surface area (Å²) in [5.74, 6) is 1.34. The van der Waals surface area contributed by atoms with Gasteiger partial charge in [0, 0.05) is 18.3 Å². The molecule has 1 rings (SSSR count). The number of nitrogens with one attached hydrogen (secondary N) is 1. The Labute approximate surface area is 97.5 Å². The molecular formula is C13H20N2O. The number of rotatable bonds is 7. The molecule has 0 amide bonds. The highest BCUT2D eigenvalue weighted by atomic mass is 16.5. The minimum Gasteiger partial charge on any atom is -0.473 e. The molecule has 0 saturated carbocycles. The van der Waals surface area contributed by atoms with E-state index in [4.69, 9.17) is 4.74 Å². The highest BCUT2D eigenvalue weighted by Crippen LogP contribution is 2.13. The molecule has 3 heteroatoms. The standard InChI is InChI=1S/C13H20N2O/c1-4-8-16-13-12(6-5-7-15-13)10-14-9-11(2)3/h4-7,11,14H,1,8-10H2,2-3H3. The largest absolute Gasteiger partial charge is 0.473 e. The monoisotopic (exact) mass is 220 g/mol. The lowest BCUT2D eigenvalue weighted by Gasteiger charge is -2.10. The zero-order chi connectivity index (χ0) is 11.8. The second-order valence-electron chi connectivity index (χ2n) is 4.09. The van der Waals surface area contributed by atoms with Gasteiger partial charge in [0.2, 0.25) is 5.88 Å². The van der Waals surface area contributed by atoms with Crippen LogP contribution in [0.1, 0.15) is 19.4 Å². The second kappa shape index (κ2) is 7.01.